The maximum Gasteiger partial charge on any atom is 0.417 e. The number of halogens is 5. The Morgan fingerprint density at radius 3 is 2.15 bits per heavy atom. The van der Waals surface area contributed by atoms with Crippen LogP contribution in [-0.4, -0.2) is 67.2 Å². The van der Waals surface area contributed by atoms with Crippen molar-refractivity contribution >= 4 is 70.5 Å². The number of phenolic OH excluding ortho intramolecular Hbond substituents is 1. The predicted octanol–water partition coefficient (Wildman–Crippen LogP) is 9.51. The second kappa shape index (κ2) is 17.6. The van der Waals surface area contributed by atoms with Crippen LogP contribution < -0.4 is 29.3 Å². The lowest BCUT2D eigenvalue weighted by Gasteiger charge is -2.50. The molecule has 68 heavy (non-hydrogen) atoms. The molecule has 4 aromatic carbocycles. The molecule has 1 saturated carbocycles. The van der Waals surface area contributed by atoms with Crippen molar-refractivity contribution in [1.82, 2.24) is 9.99 Å². The molecule has 4 amide bonds. The van der Waals surface area contributed by atoms with Gasteiger partial charge in [0, 0.05) is 40.4 Å². The summed E-state index contributed by atoms with van der Waals surface area (Å²) in [5, 5.41) is 12.5. The van der Waals surface area contributed by atoms with Crippen LogP contribution in [0.4, 0.5) is 24.7 Å². The minimum Gasteiger partial charge on any atom is -0.507 e. The van der Waals surface area contributed by atoms with Gasteiger partial charge in [0.2, 0.25) is 11.8 Å². The molecule has 2 aliphatic heterocycles. The normalized spacial score (nSPS) is 23.3. The number of pyridine rings is 1. The van der Waals surface area contributed by atoms with E-state index < -0.39 is 81.2 Å². The molecule has 4 aliphatic rings. The number of methoxy groups -OCH3 is 4. The quantitative estimate of drug-likeness (QED) is 0.0739. The number of hydrogen-bond donors (Lipinski definition) is 2. The monoisotopic (exact) mass is 968 g/mol. The van der Waals surface area contributed by atoms with Crippen molar-refractivity contribution in [1.29, 1.82) is 0 Å². The first-order valence-corrected chi connectivity index (χ1v) is 22.0. The number of aromatic hydroxyl groups is 1. The average Bonchev–Trinajstić information content (AvgIpc) is 3.71. The van der Waals surface area contributed by atoms with Gasteiger partial charge >= 0.3 is 6.18 Å². The lowest BCUT2D eigenvalue weighted by atomic mass is 9.49. The number of phenols is 1. The molecule has 13 nitrogen and oxygen atoms in total. The van der Waals surface area contributed by atoms with E-state index in [9.17, 15) is 27.9 Å². The van der Waals surface area contributed by atoms with Crippen LogP contribution in [0.2, 0.25) is 10.0 Å². The number of fused-ring (bicyclic) bond motifs is 4. The second-order valence-corrected chi connectivity index (χ2v) is 17.6. The van der Waals surface area contributed by atoms with Crippen molar-refractivity contribution in [2.45, 2.75) is 30.4 Å². The Morgan fingerprint density at radius 2 is 1.50 bits per heavy atom. The summed E-state index contributed by atoms with van der Waals surface area (Å²) in [6.45, 7) is 0. The molecule has 350 valence electrons. The van der Waals surface area contributed by atoms with Crippen LogP contribution in [0.25, 0.3) is 12.2 Å². The van der Waals surface area contributed by atoms with Crippen molar-refractivity contribution in [3.05, 3.63) is 141 Å². The van der Waals surface area contributed by atoms with Gasteiger partial charge < -0.3 is 24.1 Å². The number of rotatable bonds is 11. The second-order valence-electron chi connectivity index (χ2n) is 16.7. The van der Waals surface area contributed by atoms with Crippen molar-refractivity contribution in [3.8, 4) is 28.7 Å². The van der Waals surface area contributed by atoms with Crippen LogP contribution >= 0.6 is 23.2 Å². The topological polar surface area (TPSA) is 157 Å². The third kappa shape index (κ3) is 7.46. The van der Waals surface area contributed by atoms with E-state index in [1.54, 1.807) is 68.8 Å². The number of hydrogen-bond acceptors (Lipinski definition) is 11. The molecule has 6 atom stereocenters. The van der Waals surface area contributed by atoms with Crippen molar-refractivity contribution in [2.75, 3.05) is 38.8 Å². The Balaban J connectivity index is 1.15. The zero-order valence-corrected chi connectivity index (χ0v) is 38.1. The van der Waals surface area contributed by atoms with Gasteiger partial charge in [0.25, 0.3) is 11.8 Å². The van der Waals surface area contributed by atoms with Gasteiger partial charge in [-0.3, -0.25) is 29.5 Å². The molecule has 5 aromatic rings. The molecule has 6 unspecified atom stereocenters. The van der Waals surface area contributed by atoms with Gasteiger partial charge in [0.05, 0.1) is 67.9 Å². The number of benzene rings is 4. The van der Waals surface area contributed by atoms with Gasteiger partial charge in [-0.05, 0) is 78.4 Å². The molecule has 0 spiro atoms. The van der Waals surface area contributed by atoms with Gasteiger partial charge in [0.15, 0.2) is 5.82 Å². The Bertz CT molecular complexity index is 2950. The van der Waals surface area contributed by atoms with Crippen LogP contribution in [0.15, 0.2) is 103 Å². The number of allylic oxidation sites excluding steroid dienone is 2. The summed E-state index contributed by atoms with van der Waals surface area (Å²) >= 11 is 12.7. The van der Waals surface area contributed by atoms with Gasteiger partial charge in [-0.2, -0.15) is 18.2 Å². The number of amides is 4. The van der Waals surface area contributed by atoms with Gasteiger partial charge in [-0.1, -0.05) is 71.3 Å². The van der Waals surface area contributed by atoms with Crippen LogP contribution in [0.3, 0.4) is 0 Å². The van der Waals surface area contributed by atoms with E-state index in [2.05, 4.69) is 10.4 Å². The third-order valence-electron chi connectivity index (χ3n) is 13.4. The molecule has 3 heterocycles. The largest absolute Gasteiger partial charge is 0.507 e. The molecule has 18 heteroatoms. The highest BCUT2D eigenvalue weighted by Gasteiger charge is 2.71. The number of aromatic nitrogens is 1. The SMILES string of the molecule is COc1ccc(OC)c(C=Cc2ccc(N3C(=O)C4CC=C5C(CC6C(=O)N(Nc7ncc(C(F)(F)F)cc7Cl)C(=O)C6(c6ccc(Cl)cc6)C5c5c(O)cc(OC)cc5OC)C4C3=O)cc2)c1. The summed E-state index contributed by atoms with van der Waals surface area (Å²) in [6, 6.07) is 22.0. The fourth-order valence-electron chi connectivity index (χ4n) is 10.4. The summed E-state index contributed by atoms with van der Waals surface area (Å²) in [5.74, 6) is -7.22. The number of ether oxygens (including phenoxy) is 4. The Hall–Kier alpha value is -7.04. The summed E-state index contributed by atoms with van der Waals surface area (Å²) in [5.41, 5.74) is 2.22. The van der Waals surface area contributed by atoms with Crippen LogP contribution in [0.1, 0.15) is 46.6 Å². The number of imide groups is 2. The van der Waals surface area contributed by atoms with Crippen LogP contribution in [0.5, 0.6) is 28.7 Å². The molecule has 9 rings (SSSR count). The van der Waals surface area contributed by atoms with E-state index in [1.165, 1.54) is 38.5 Å². The fourth-order valence-corrected chi connectivity index (χ4v) is 10.7. The minimum absolute atomic E-state index is 0.0625. The number of nitrogens with zero attached hydrogens (tertiary/aromatic N) is 3. The number of anilines is 2. The first-order valence-electron chi connectivity index (χ1n) is 21.2. The van der Waals surface area contributed by atoms with E-state index >= 15 is 9.59 Å². The van der Waals surface area contributed by atoms with Crippen LogP contribution in [0, 0.1) is 23.7 Å². The fraction of sp³-hybridized carbons (Fsp3) is 0.260. The van der Waals surface area contributed by atoms with E-state index in [-0.39, 0.29) is 35.7 Å². The molecular weight excluding hydrogens is 928 g/mol. The summed E-state index contributed by atoms with van der Waals surface area (Å²) in [4.78, 5) is 65.2. The highest BCUT2D eigenvalue weighted by molar-refractivity contribution is 6.33. The van der Waals surface area contributed by atoms with Gasteiger partial charge in [-0.15, -0.1) is 0 Å². The molecule has 0 radical (unpaired) electrons. The standard InChI is InChI=1S/C50H41Cl2F3N4O9/c1-65-31-15-18-39(67-3)26(19-31)8-5-25-6-13-30(14-7-25)58-45(61)34-17-16-33-35(41(34)47(58)63)23-36-46(62)59(57-44-37(52)20-28(24-56-44)50(53,54)55)48(64)49(36,27-9-11-29(51)12-10-27)43(33)42-38(60)21-32(66-2)22-40(42)68-4/h5-16,18-22,24,34-36,41,43,60H,17,23H2,1-4H3,(H,56,57). The number of carbonyl (C=O) groups is 4. The Kier molecular flexibility index (Phi) is 11.9. The molecule has 0 bridgehead atoms. The smallest absolute Gasteiger partial charge is 0.417 e. The molecule has 2 N–H and O–H groups in total. The van der Waals surface area contributed by atoms with Crippen LogP contribution in [-0.2, 0) is 30.8 Å². The van der Waals surface area contributed by atoms with E-state index in [1.807, 2.05) is 18.2 Å². The molecule has 1 aromatic heterocycles. The van der Waals surface area contributed by atoms with Crippen molar-refractivity contribution in [3.63, 3.8) is 0 Å². The van der Waals surface area contributed by atoms with Crippen molar-refractivity contribution in [2.24, 2.45) is 23.7 Å². The summed E-state index contributed by atoms with van der Waals surface area (Å²) in [6.07, 6.45) is 1.14. The first kappa shape index (κ1) is 46.1. The summed E-state index contributed by atoms with van der Waals surface area (Å²) in [7, 11) is 5.88. The molecule has 3 fully saturated rings. The zero-order chi connectivity index (χ0) is 48.4. The van der Waals surface area contributed by atoms with E-state index in [4.69, 9.17) is 42.1 Å². The lowest BCUT2D eigenvalue weighted by molar-refractivity contribution is -0.139. The van der Waals surface area contributed by atoms with Crippen molar-refractivity contribution < 1.29 is 56.4 Å². The third-order valence-corrected chi connectivity index (χ3v) is 14.0. The Morgan fingerprint density at radius 1 is 0.794 bits per heavy atom. The highest BCUT2D eigenvalue weighted by Crippen LogP contribution is 2.66. The minimum atomic E-state index is -4.79. The zero-order valence-electron chi connectivity index (χ0n) is 36.6. The lowest BCUT2D eigenvalue weighted by Crippen LogP contribution is -2.53. The average molecular weight is 970 g/mol. The first-order chi connectivity index (χ1) is 32.5. The molecule has 2 aliphatic carbocycles. The van der Waals surface area contributed by atoms with Gasteiger partial charge in [0.1, 0.15) is 28.7 Å². The van der Waals surface area contributed by atoms with Gasteiger partial charge in [-0.25, -0.2) is 4.98 Å². The van der Waals surface area contributed by atoms with E-state index in [0.29, 0.717) is 50.6 Å². The Labute approximate surface area is 397 Å². The highest BCUT2D eigenvalue weighted by atomic mass is 35.5. The number of alkyl halides is 3. The van der Waals surface area contributed by atoms with E-state index in [0.717, 1.165) is 16.0 Å². The molecule has 2 saturated heterocycles. The predicted molar refractivity (Wildman–Crippen MR) is 245 cm³/mol. The number of carbonyl (C=O) groups excluding carboxylic acids is 4. The number of hydrazine groups is 1. The molecular formula is C50H41Cl2F3N4O9. The summed E-state index contributed by atoms with van der Waals surface area (Å²) < 4.78 is 63.1. The maximum atomic E-state index is 15.6. The maximum absolute atomic E-state index is 15.6. The number of nitrogens with one attached hydrogen (secondary N) is 1.